The molecule has 3 nitrogen and oxygen atoms in total. The van der Waals surface area contributed by atoms with Gasteiger partial charge in [0.1, 0.15) is 0 Å². The lowest BCUT2D eigenvalue weighted by atomic mass is 9.83. The van der Waals surface area contributed by atoms with E-state index in [1.54, 1.807) is 0 Å². The van der Waals surface area contributed by atoms with Gasteiger partial charge in [-0.05, 0) is 43.8 Å². The van der Waals surface area contributed by atoms with Gasteiger partial charge in [-0.25, -0.2) is 0 Å². The van der Waals surface area contributed by atoms with E-state index >= 15 is 0 Å². The molecule has 2 aliphatic heterocycles. The minimum Gasteiger partial charge on any atom is -0.454 e. The first-order valence-corrected chi connectivity index (χ1v) is 6.49. The molecule has 1 N–H and O–H groups in total. The van der Waals surface area contributed by atoms with Gasteiger partial charge in [-0.15, -0.1) is 0 Å². The average molecular weight is 233 g/mol. The van der Waals surface area contributed by atoms with Gasteiger partial charge in [0, 0.05) is 5.56 Å². The molecule has 0 saturated carbocycles. The van der Waals surface area contributed by atoms with Crippen molar-refractivity contribution in [3.63, 3.8) is 0 Å². The van der Waals surface area contributed by atoms with Crippen LogP contribution < -0.4 is 14.8 Å². The molecule has 17 heavy (non-hydrogen) atoms. The monoisotopic (exact) mass is 233 g/mol. The Balaban J connectivity index is 1.93. The Labute approximate surface area is 102 Å². The van der Waals surface area contributed by atoms with E-state index < -0.39 is 0 Å². The van der Waals surface area contributed by atoms with Gasteiger partial charge in [0.15, 0.2) is 11.5 Å². The zero-order chi connectivity index (χ0) is 11.7. The van der Waals surface area contributed by atoms with E-state index in [2.05, 4.69) is 24.4 Å². The minimum absolute atomic E-state index is 0.367. The summed E-state index contributed by atoms with van der Waals surface area (Å²) in [5, 5.41) is 3.45. The first-order valence-electron chi connectivity index (χ1n) is 6.49. The lowest BCUT2D eigenvalue weighted by Crippen LogP contribution is -2.16. The second kappa shape index (κ2) is 4.57. The summed E-state index contributed by atoms with van der Waals surface area (Å²) in [6, 6.07) is 6.26. The molecule has 1 fully saturated rings. The predicted octanol–water partition coefficient (Wildman–Crippen LogP) is 2.52. The Bertz CT molecular complexity index is 399. The third kappa shape index (κ3) is 1.89. The van der Waals surface area contributed by atoms with Gasteiger partial charge in [0.05, 0.1) is 0 Å². The molecule has 0 radical (unpaired) electrons. The van der Waals surface area contributed by atoms with Crippen molar-refractivity contribution in [1.82, 2.24) is 5.32 Å². The number of para-hydroxylation sites is 1. The molecule has 1 aromatic carbocycles. The number of benzene rings is 1. The van der Waals surface area contributed by atoms with E-state index in [0.717, 1.165) is 36.9 Å². The lowest BCUT2D eigenvalue weighted by Gasteiger charge is -2.23. The molecule has 2 aliphatic rings. The molecule has 2 atom stereocenters. The van der Waals surface area contributed by atoms with Gasteiger partial charge >= 0.3 is 0 Å². The third-order valence-electron chi connectivity index (χ3n) is 3.93. The summed E-state index contributed by atoms with van der Waals surface area (Å²) in [6.07, 6.45) is 2.43. The van der Waals surface area contributed by atoms with Crippen molar-refractivity contribution < 1.29 is 9.47 Å². The highest BCUT2D eigenvalue weighted by molar-refractivity contribution is 5.50. The fraction of sp³-hybridized carbons (Fsp3) is 0.571. The van der Waals surface area contributed by atoms with Crippen molar-refractivity contribution in [2.45, 2.75) is 25.7 Å². The van der Waals surface area contributed by atoms with Crippen LogP contribution >= 0.6 is 0 Å². The summed E-state index contributed by atoms with van der Waals surface area (Å²) in [7, 11) is 0. The number of hydrogen-bond acceptors (Lipinski definition) is 3. The Hall–Kier alpha value is -1.22. The van der Waals surface area contributed by atoms with Crippen LogP contribution in [0, 0.1) is 5.92 Å². The Kier molecular flexibility index (Phi) is 2.93. The summed E-state index contributed by atoms with van der Waals surface area (Å²) in [5.41, 5.74) is 1.33. The van der Waals surface area contributed by atoms with Crippen molar-refractivity contribution in [2.75, 3.05) is 19.9 Å². The van der Waals surface area contributed by atoms with E-state index in [4.69, 9.17) is 9.47 Å². The van der Waals surface area contributed by atoms with Crippen LogP contribution in [-0.2, 0) is 0 Å². The Morgan fingerprint density at radius 3 is 3.12 bits per heavy atom. The van der Waals surface area contributed by atoms with Crippen molar-refractivity contribution >= 4 is 0 Å². The quantitative estimate of drug-likeness (QED) is 0.870. The fourth-order valence-electron chi connectivity index (χ4n) is 3.07. The van der Waals surface area contributed by atoms with Crippen LogP contribution in [0.25, 0.3) is 0 Å². The first kappa shape index (κ1) is 10.9. The van der Waals surface area contributed by atoms with Crippen LogP contribution in [0.5, 0.6) is 11.5 Å². The fourth-order valence-corrected chi connectivity index (χ4v) is 3.07. The molecule has 1 aromatic rings. The topological polar surface area (TPSA) is 30.5 Å². The van der Waals surface area contributed by atoms with Gasteiger partial charge < -0.3 is 14.8 Å². The molecule has 0 bridgehead atoms. The highest BCUT2D eigenvalue weighted by Crippen LogP contribution is 2.43. The van der Waals surface area contributed by atoms with E-state index in [0.29, 0.717) is 12.7 Å². The molecular weight excluding hydrogens is 214 g/mol. The summed E-state index contributed by atoms with van der Waals surface area (Å²) in [5.74, 6) is 3.20. The van der Waals surface area contributed by atoms with Gasteiger partial charge in [-0.1, -0.05) is 19.1 Å². The van der Waals surface area contributed by atoms with Crippen LogP contribution in [0.15, 0.2) is 18.2 Å². The van der Waals surface area contributed by atoms with Crippen molar-refractivity contribution in [3.8, 4) is 11.5 Å². The molecule has 0 spiro atoms. The molecule has 2 heterocycles. The zero-order valence-electron chi connectivity index (χ0n) is 10.2. The SMILES string of the molecule is CCC(c1cccc2c1OCO2)C1CCNC1. The van der Waals surface area contributed by atoms with E-state index in [9.17, 15) is 0 Å². The smallest absolute Gasteiger partial charge is 0.231 e. The van der Waals surface area contributed by atoms with Crippen molar-refractivity contribution in [1.29, 1.82) is 0 Å². The number of rotatable bonds is 3. The van der Waals surface area contributed by atoms with E-state index in [1.807, 2.05) is 6.07 Å². The van der Waals surface area contributed by atoms with Gasteiger partial charge in [-0.2, -0.15) is 0 Å². The van der Waals surface area contributed by atoms with Gasteiger partial charge in [0.25, 0.3) is 0 Å². The number of nitrogens with one attached hydrogen (secondary N) is 1. The molecule has 2 unspecified atom stereocenters. The van der Waals surface area contributed by atoms with Crippen LogP contribution in [0.1, 0.15) is 31.2 Å². The molecule has 0 aromatic heterocycles. The molecular formula is C14H19NO2. The molecule has 92 valence electrons. The summed E-state index contributed by atoms with van der Waals surface area (Å²) in [6.45, 7) is 4.90. The average Bonchev–Trinajstić information content (AvgIpc) is 3.00. The summed E-state index contributed by atoms with van der Waals surface area (Å²) in [4.78, 5) is 0. The van der Waals surface area contributed by atoms with E-state index in [-0.39, 0.29) is 0 Å². The van der Waals surface area contributed by atoms with Gasteiger partial charge in [0.2, 0.25) is 6.79 Å². The van der Waals surface area contributed by atoms with Gasteiger partial charge in [-0.3, -0.25) is 0 Å². The molecule has 0 aliphatic carbocycles. The normalized spacial score (nSPS) is 23.9. The molecule has 3 rings (SSSR count). The second-order valence-corrected chi connectivity index (χ2v) is 4.85. The lowest BCUT2D eigenvalue weighted by molar-refractivity contribution is 0.172. The molecule has 1 saturated heterocycles. The van der Waals surface area contributed by atoms with Crippen molar-refractivity contribution in [3.05, 3.63) is 23.8 Å². The minimum atomic E-state index is 0.367. The Morgan fingerprint density at radius 1 is 1.41 bits per heavy atom. The maximum absolute atomic E-state index is 5.63. The predicted molar refractivity (Wildman–Crippen MR) is 66.6 cm³/mol. The zero-order valence-corrected chi connectivity index (χ0v) is 10.2. The number of ether oxygens (including phenoxy) is 2. The molecule has 0 amide bonds. The van der Waals surface area contributed by atoms with E-state index in [1.165, 1.54) is 12.0 Å². The maximum Gasteiger partial charge on any atom is 0.231 e. The summed E-state index contributed by atoms with van der Waals surface area (Å²) < 4.78 is 11.1. The first-order chi connectivity index (χ1) is 8.40. The largest absolute Gasteiger partial charge is 0.454 e. The third-order valence-corrected chi connectivity index (χ3v) is 3.93. The van der Waals surface area contributed by atoms with Crippen LogP contribution in [-0.4, -0.2) is 19.9 Å². The second-order valence-electron chi connectivity index (χ2n) is 4.85. The number of hydrogen-bond donors (Lipinski definition) is 1. The van der Waals surface area contributed by atoms with Crippen LogP contribution in [0.3, 0.4) is 0 Å². The highest BCUT2D eigenvalue weighted by atomic mass is 16.7. The summed E-state index contributed by atoms with van der Waals surface area (Å²) >= 11 is 0. The van der Waals surface area contributed by atoms with Crippen molar-refractivity contribution in [2.24, 2.45) is 5.92 Å². The number of fused-ring (bicyclic) bond motifs is 1. The molecule has 3 heteroatoms. The maximum atomic E-state index is 5.63. The van der Waals surface area contributed by atoms with Crippen LogP contribution in [0.4, 0.5) is 0 Å². The van der Waals surface area contributed by atoms with Crippen LogP contribution in [0.2, 0.25) is 0 Å². The Morgan fingerprint density at radius 2 is 2.35 bits per heavy atom. The standard InChI is InChI=1S/C14H19NO2/c1-2-11(10-6-7-15-8-10)12-4-3-5-13-14(12)17-9-16-13/h3-5,10-11,15H,2,6-9H2,1H3. The highest BCUT2D eigenvalue weighted by Gasteiger charge is 2.29.